The van der Waals surface area contributed by atoms with Crippen LogP contribution in [0.25, 0.3) is 21.8 Å². The van der Waals surface area contributed by atoms with Crippen molar-refractivity contribution in [2.75, 3.05) is 36.8 Å². The van der Waals surface area contributed by atoms with Gasteiger partial charge in [0.25, 0.3) is 10.0 Å². The highest BCUT2D eigenvalue weighted by atomic mass is 35.5. The lowest BCUT2D eigenvalue weighted by molar-refractivity contribution is 0.420. The third-order valence-electron chi connectivity index (χ3n) is 6.46. The van der Waals surface area contributed by atoms with Crippen molar-refractivity contribution in [1.29, 1.82) is 0 Å². The largest absolute Gasteiger partial charge is 0.384 e. The van der Waals surface area contributed by atoms with Crippen LogP contribution in [-0.2, 0) is 10.0 Å². The van der Waals surface area contributed by atoms with Gasteiger partial charge >= 0.3 is 0 Å². The molecule has 0 aliphatic rings. The molecule has 7 nitrogen and oxygen atoms in total. The summed E-state index contributed by atoms with van der Waals surface area (Å²) in [6.45, 7) is 5.55. The molecule has 2 aromatic carbocycles. The number of halogens is 2. The lowest BCUT2D eigenvalue weighted by Crippen LogP contribution is -2.36. The molecule has 0 atom stereocenters. The summed E-state index contributed by atoms with van der Waals surface area (Å²) in [5.41, 5.74) is 5.26. The molecule has 0 unspecified atom stereocenters. The summed E-state index contributed by atoms with van der Waals surface area (Å²) in [6, 6.07) is 18.5. The van der Waals surface area contributed by atoms with Gasteiger partial charge in [-0.15, -0.1) is 11.3 Å². The van der Waals surface area contributed by atoms with Crippen LogP contribution in [0.2, 0.25) is 10.0 Å². The SMILES string of the molecule is Cc1cc(NCCCN(CCNc2cc(C)nc3ccc(Cl)cc23)S(=O)(=O)c2cccs2)c2cc(Cl)ccc2n1. The van der Waals surface area contributed by atoms with Crippen LogP contribution >= 0.6 is 34.5 Å². The molecule has 0 spiro atoms. The van der Waals surface area contributed by atoms with Crippen LogP contribution in [-0.4, -0.2) is 48.9 Å². The average molecular weight is 615 g/mol. The Kier molecular flexibility index (Phi) is 8.77. The quantitative estimate of drug-likeness (QED) is 0.151. The Bertz CT molecular complexity index is 1760. The summed E-state index contributed by atoms with van der Waals surface area (Å²) in [6.07, 6.45) is 0.612. The Morgan fingerprint density at radius 1 is 0.800 bits per heavy atom. The van der Waals surface area contributed by atoms with Gasteiger partial charge in [-0.1, -0.05) is 29.3 Å². The van der Waals surface area contributed by atoms with Gasteiger partial charge in [-0.05, 0) is 80.2 Å². The molecular weight excluding hydrogens is 585 g/mol. The first kappa shape index (κ1) is 28.6. The van der Waals surface area contributed by atoms with E-state index in [2.05, 4.69) is 20.6 Å². The number of pyridine rings is 2. The summed E-state index contributed by atoms with van der Waals surface area (Å²) >= 11 is 13.7. The lowest BCUT2D eigenvalue weighted by atomic mass is 10.1. The van der Waals surface area contributed by atoms with Crippen LogP contribution in [0.5, 0.6) is 0 Å². The van der Waals surface area contributed by atoms with Gasteiger partial charge in [-0.25, -0.2) is 8.42 Å². The Balaban J connectivity index is 1.29. The number of thiophene rings is 1. The zero-order chi connectivity index (χ0) is 28.3. The Morgan fingerprint density at radius 2 is 1.38 bits per heavy atom. The summed E-state index contributed by atoms with van der Waals surface area (Å²) in [5, 5.41) is 11.7. The van der Waals surface area contributed by atoms with Crippen molar-refractivity contribution in [3.05, 3.63) is 87.5 Å². The fourth-order valence-corrected chi connectivity index (χ4v) is 7.60. The van der Waals surface area contributed by atoms with Gasteiger partial charge in [-0.2, -0.15) is 4.31 Å². The molecule has 11 heteroatoms. The van der Waals surface area contributed by atoms with Crippen molar-refractivity contribution in [3.8, 4) is 0 Å². The van der Waals surface area contributed by atoms with Gasteiger partial charge in [0.05, 0.1) is 11.0 Å². The molecule has 3 aromatic heterocycles. The van der Waals surface area contributed by atoms with Crippen molar-refractivity contribution >= 4 is 77.7 Å². The van der Waals surface area contributed by atoms with E-state index in [1.165, 1.54) is 11.3 Å². The summed E-state index contributed by atoms with van der Waals surface area (Å²) in [7, 11) is -3.64. The number of aromatic nitrogens is 2. The van der Waals surface area contributed by atoms with E-state index < -0.39 is 10.0 Å². The number of sulfonamides is 1. The van der Waals surface area contributed by atoms with Gasteiger partial charge in [0, 0.05) is 69.8 Å². The second-order valence-electron chi connectivity index (χ2n) is 9.49. The molecule has 0 radical (unpaired) electrons. The lowest BCUT2D eigenvalue weighted by Gasteiger charge is -2.22. The van der Waals surface area contributed by atoms with Crippen LogP contribution in [0, 0.1) is 13.8 Å². The number of nitrogens with one attached hydrogen (secondary N) is 2. The maximum absolute atomic E-state index is 13.5. The third-order valence-corrected chi connectivity index (χ3v) is 10.2. The van der Waals surface area contributed by atoms with Gasteiger partial charge in [0.1, 0.15) is 4.21 Å². The topological polar surface area (TPSA) is 87.2 Å². The molecule has 0 saturated heterocycles. The molecule has 0 bridgehead atoms. The average Bonchev–Trinajstić information content (AvgIpc) is 3.46. The summed E-state index contributed by atoms with van der Waals surface area (Å²) in [4.78, 5) is 9.16. The molecule has 208 valence electrons. The van der Waals surface area contributed by atoms with Gasteiger partial charge < -0.3 is 10.6 Å². The first-order chi connectivity index (χ1) is 19.2. The highest BCUT2D eigenvalue weighted by Gasteiger charge is 2.25. The molecule has 5 aromatic rings. The number of hydrogen-bond donors (Lipinski definition) is 2. The number of hydrogen-bond acceptors (Lipinski definition) is 7. The molecule has 3 heterocycles. The van der Waals surface area contributed by atoms with E-state index in [1.807, 2.05) is 62.4 Å². The predicted molar refractivity (Wildman–Crippen MR) is 168 cm³/mol. The fraction of sp³-hybridized carbons (Fsp3) is 0.241. The smallest absolute Gasteiger partial charge is 0.252 e. The van der Waals surface area contributed by atoms with Gasteiger partial charge in [0.2, 0.25) is 0 Å². The molecule has 0 aliphatic carbocycles. The molecule has 5 rings (SSSR count). The van der Waals surface area contributed by atoms with Crippen LogP contribution in [0.4, 0.5) is 11.4 Å². The number of fused-ring (bicyclic) bond motifs is 2. The highest BCUT2D eigenvalue weighted by Crippen LogP contribution is 2.28. The second kappa shape index (κ2) is 12.3. The molecule has 0 saturated carbocycles. The Labute approximate surface area is 248 Å². The molecular formula is C29H29Cl2N5O2S2. The van der Waals surface area contributed by atoms with Crippen molar-refractivity contribution in [3.63, 3.8) is 0 Å². The van der Waals surface area contributed by atoms with E-state index in [-0.39, 0.29) is 0 Å². The zero-order valence-corrected chi connectivity index (χ0v) is 25.3. The van der Waals surface area contributed by atoms with Crippen LogP contribution in [0.15, 0.2) is 70.3 Å². The minimum atomic E-state index is -3.64. The minimum Gasteiger partial charge on any atom is -0.384 e. The van der Waals surface area contributed by atoms with Crippen molar-refractivity contribution in [2.45, 2.75) is 24.5 Å². The number of anilines is 2. The first-order valence-corrected chi connectivity index (χ1v) is 15.9. The van der Waals surface area contributed by atoms with Crippen LogP contribution in [0.1, 0.15) is 17.8 Å². The van der Waals surface area contributed by atoms with E-state index in [0.29, 0.717) is 46.9 Å². The maximum atomic E-state index is 13.5. The van der Waals surface area contributed by atoms with Gasteiger partial charge in [-0.3, -0.25) is 9.97 Å². The van der Waals surface area contributed by atoms with Crippen molar-refractivity contribution in [1.82, 2.24) is 14.3 Å². The van der Waals surface area contributed by atoms with E-state index in [1.54, 1.807) is 21.8 Å². The summed E-state index contributed by atoms with van der Waals surface area (Å²) < 4.78 is 28.9. The van der Waals surface area contributed by atoms with E-state index in [4.69, 9.17) is 23.2 Å². The molecule has 2 N–H and O–H groups in total. The first-order valence-electron chi connectivity index (χ1n) is 12.9. The number of aryl methyl sites for hydroxylation is 2. The standard InChI is InChI=1S/C29H29Cl2N5O2S2/c1-19-15-27(23-17-21(30)6-8-25(23)34-19)32-10-4-12-36(40(37,38)29-5-3-14-39-29)13-11-33-28-16-20(2)35-26-9-7-22(31)18-24(26)28/h3,5-9,14-18H,4,10-13H2,1-2H3,(H,32,34)(H,33,35). The number of nitrogens with zero attached hydrogens (tertiary/aromatic N) is 3. The zero-order valence-electron chi connectivity index (χ0n) is 22.1. The number of rotatable bonds is 11. The molecule has 40 heavy (non-hydrogen) atoms. The van der Waals surface area contributed by atoms with E-state index in [0.717, 1.165) is 44.6 Å². The Morgan fingerprint density at radius 3 is 1.93 bits per heavy atom. The van der Waals surface area contributed by atoms with Crippen LogP contribution in [0.3, 0.4) is 0 Å². The van der Waals surface area contributed by atoms with Crippen molar-refractivity contribution < 1.29 is 8.42 Å². The van der Waals surface area contributed by atoms with E-state index in [9.17, 15) is 8.42 Å². The monoisotopic (exact) mass is 613 g/mol. The highest BCUT2D eigenvalue weighted by molar-refractivity contribution is 7.91. The maximum Gasteiger partial charge on any atom is 0.252 e. The van der Waals surface area contributed by atoms with Crippen LogP contribution < -0.4 is 10.6 Å². The van der Waals surface area contributed by atoms with Gasteiger partial charge in [0.15, 0.2) is 0 Å². The minimum absolute atomic E-state index is 0.302. The molecule has 0 fully saturated rings. The van der Waals surface area contributed by atoms with E-state index >= 15 is 0 Å². The molecule has 0 amide bonds. The Hall–Kier alpha value is -2.95. The predicted octanol–water partition coefficient (Wildman–Crippen LogP) is 7.37. The second-order valence-corrected chi connectivity index (χ2v) is 13.5. The third kappa shape index (κ3) is 6.50. The van der Waals surface area contributed by atoms with Crippen molar-refractivity contribution in [2.24, 2.45) is 0 Å². The summed E-state index contributed by atoms with van der Waals surface area (Å²) in [5.74, 6) is 0. The molecule has 0 aliphatic heterocycles. The fourth-order valence-electron chi connectivity index (χ4n) is 4.64. The number of benzene rings is 2. The normalized spacial score (nSPS) is 11.9.